The van der Waals surface area contributed by atoms with Gasteiger partial charge in [0.15, 0.2) is 0 Å². The maximum atomic E-state index is 13.6. The zero-order chi connectivity index (χ0) is 27.2. The third kappa shape index (κ3) is 4.63. The molecule has 9 nitrogen and oxygen atoms in total. The van der Waals surface area contributed by atoms with Gasteiger partial charge in [0.1, 0.15) is 16.1 Å². The molecule has 0 atom stereocenters. The number of thiazole rings is 1. The zero-order valence-electron chi connectivity index (χ0n) is 20.6. The van der Waals surface area contributed by atoms with Crippen molar-refractivity contribution in [1.29, 1.82) is 0 Å². The van der Waals surface area contributed by atoms with E-state index in [1.807, 2.05) is 44.2 Å². The predicted molar refractivity (Wildman–Crippen MR) is 145 cm³/mol. The number of ether oxygens (including phenoxy) is 2. The molecule has 0 bridgehead atoms. The second kappa shape index (κ2) is 9.87. The Kier molecular flexibility index (Phi) is 6.87. The van der Waals surface area contributed by atoms with Crippen LogP contribution in [0.4, 0.5) is 0 Å². The van der Waals surface area contributed by atoms with Gasteiger partial charge in [0, 0.05) is 26.6 Å². The number of aromatic amines is 1. The quantitative estimate of drug-likeness (QED) is 0.335. The lowest BCUT2D eigenvalue weighted by Crippen LogP contribution is -2.36. The van der Waals surface area contributed by atoms with Gasteiger partial charge in [0.2, 0.25) is 11.6 Å². The second-order valence-electron chi connectivity index (χ2n) is 9.29. The van der Waals surface area contributed by atoms with Crippen molar-refractivity contribution in [3.63, 3.8) is 0 Å². The third-order valence-corrected chi connectivity index (χ3v) is 8.25. The Morgan fingerprint density at radius 2 is 1.74 bits per heavy atom. The lowest BCUT2D eigenvalue weighted by atomic mass is 9.85. The van der Waals surface area contributed by atoms with E-state index in [1.54, 1.807) is 6.92 Å². The number of hydrogen-bond donors (Lipinski definition) is 1. The van der Waals surface area contributed by atoms with Crippen LogP contribution < -0.4 is 11.2 Å². The van der Waals surface area contributed by atoms with Gasteiger partial charge < -0.3 is 9.47 Å². The van der Waals surface area contributed by atoms with Crippen LogP contribution in [-0.2, 0) is 14.9 Å². The monoisotopic (exact) mass is 572 g/mol. The number of carbonyl (C=O) groups is 1. The van der Waals surface area contributed by atoms with E-state index in [-0.39, 0.29) is 21.5 Å². The highest BCUT2D eigenvalue weighted by Gasteiger charge is 2.43. The average molecular weight is 573 g/mol. The first-order chi connectivity index (χ1) is 18.0. The molecule has 4 aromatic rings. The third-order valence-electron chi connectivity index (χ3n) is 6.28. The second-order valence-corrected chi connectivity index (χ2v) is 11.1. The number of rotatable bonds is 6. The smallest absolute Gasteiger partial charge is 0.341 e. The lowest BCUT2D eigenvalue weighted by molar-refractivity contribution is -0.104. The number of Topliss-reactive ketones (excluding diaryl/α,β-unsaturated/α-hetero) is 1. The van der Waals surface area contributed by atoms with Crippen LogP contribution in [0.2, 0.25) is 10.0 Å². The molecule has 0 unspecified atom stereocenters. The van der Waals surface area contributed by atoms with Gasteiger partial charge in [0.25, 0.3) is 5.56 Å². The minimum Gasteiger partial charge on any atom is -0.341 e. The number of ketones is 1. The van der Waals surface area contributed by atoms with Crippen LogP contribution in [0.5, 0.6) is 0 Å². The van der Waals surface area contributed by atoms with Crippen molar-refractivity contribution < 1.29 is 14.3 Å². The number of benzene rings is 2. The van der Waals surface area contributed by atoms with Crippen LogP contribution in [0.15, 0.2) is 58.3 Å². The van der Waals surface area contributed by atoms with Gasteiger partial charge in [-0.05, 0) is 32.9 Å². The molecule has 2 aromatic carbocycles. The number of nitrogens with zero attached hydrogens (tertiary/aromatic N) is 3. The molecule has 0 amide bonds. The molecule has 1 aliphatic heterocycles. The summed E-state index contributed by atoms with van der Waals surface area (Å²) in [6.45, 7) is 6.06. The number of nitrogens with one attached hydrogen (secondary N) is 1. The van der Waals surface area contributed by atoms with Crippen molar-refractivity contribution in [2.75, 3.05) is 13.2 Å². The summed E-state index contributed by atoms with van der Waals surface area (Å²) in [7, 11) is 0. The van der Waals surface area contributed by atoms with Gasteiger partial charge in [-0.1, -0.05) is 53.5 Å². The van der Waals surface area contributed by atoms with Gasteiger partial charge in [0.05, 0.1) is 24.6 Å². The molecule has 196 valence electrons. The molecule has 1 fully saturated rings. The van der Waals surface area contributed by atoms with Crippen molar-refractivity contribution in [1.82, 2.24) is 19.7 Å². The summed E-state index contributed by atoms with van der Waals surface area (Å²) < 4.78 is 12.3. The van der Waals surface area contributed by atoms with Crippen LogP contribution in [0.1, 0.15) is 41.0 Å². The molecule has 38 heavy (non-hydrogen) atoms. The Hall–Kier alpha value is -3.15. The van der Waals surface area contributed by atoms with E-state index in [0.29, 0.717) is 34.4 Å². The van der Waals surface area contributed by atoms with Gasteiger partial charge in [-0.2, -0.15) is 9.78 Å². The van der Waals surface area contributed by atoms with Crippen LogP contribution >= 0.6 is 34.5 Å². The summed E-state index contributed by atoms with van der Waals surface area (Å²) >= 11 is 14.7. The molecular formula is C26H22Cl2N4O5S. The van der Waals surface area contributed by atoms with Crippen LogP contribution in [0.3, 0.4) is 0 Å². The first kappa shape index (κ1) is 26.5. The van der Waals surface area contributed by atoms with Crippen LogP contribution in [-0.4, -0.2) is 44.5 Å². The Morgan fingerprint density at radius 3 is 2.34 bits per heavy atom. The van der Waals surface area contributed by atoms with Crippen molar-refractivity contribution in [2.24, 2.45) is 0 Å². The maximum absolute atomic E-state index is 13.6. The first-order valence-corrected chi connectivity index (χ1v) is 13.2. The Labute approximate surface area is 231 Å². The maximum Gasteiger partial charge on any atom is 0.349 e. The molecule has 2 aromatic heterocycles. The molecule has 3 heterocycles. The van der Waals surface area contributed by atoms with E-state index in [0.717, 1.165) is 16.4 Å². The number of halogens is 2. The number of H-pyrrole nitrogens is 1. The predicted octanol–water partition coefficient (Wildman–Crippen LogP) is 4.62. The minimum atomic E-state index is -1.40. The van der Waals surface area contributed by atoms with E-state index >= 15 is 0 Å². The summed E-state index contributed by atoms with van der Waals surface area (Å²) in [6, 6.07) is 12.5. The molecule has 1 N–H and O–H groups in total. The van der Waals surface area contributed by atoms with Gasteiger partial charge in [-0.3, -0.25) is 14.6 Å². The van der Waals surface area contributed by atoms with Gasteiger partial charge in [-0.15, -0.1) is 11.3 Å². The first-order valence-electron chi connectivity index (χ1n) is 11.6. The fourth-order valence-corrected chi connectivity index (χ4v) is 6.48. The normalized spacial score (nSPS) is 15.1. The van der Waals surface area contributed by atoms with Gasteiger partial charge >= 0.3 is 5.69 Å². The molecule has 1 saturated heterocycles. The van der Waals surface area contributed by atoms with E-state index in [9.17, 15) is 14.4 Å². The number of hydrogen-bond acceptors (Lipinski definition) is 8. The fourth-order valence-electron chi connectivity index (χ4n) is 4.31. The summed E-state index contributed by atoms with van der Waals surface area (Å²) in [5.74, 6) is -1.71. The molecule has 0 saturated carbocycles. The highest BCUT2D eigenvalue weighted by Crippen LogP contribution is 2.45. The molecule has 5 rings (SSSR count). The molecule has 0 aliphatic carbocycles. The molecular weight excluding hydrogens is 551 g/mol. The Balaban J connectivity index is 1.63. The summed E-state index contributed by atoms with van der Waals surface area (Å²) in [5.41, 5.74) is -0.0769. The Bertz CT molecular complexity index is 1630. The molecule has 12 heteroatoms. The molecule has 0 spiro atoms. The largest absolute Gasteiger partial charge is 0.349 e. The standard InChI is InChI=1S/C26H22Cl2N4O5S/c1-25(2,19-16(27)11-15(12-17(19)28)32-24(35)30-18(33)13-29-32)23-31-20(14-7-5-4-6-8-14)21(38-23)22(34)26(3)36-9-10-37-26/h4-8,11-13H,9-10H2,1-3H3,(H,30,33,35). The zero-order valence-corrected chi connectivity index (χ0v) is 22.9. The summed E-state index contributed by atoms with van der Waals surface area (Å²) in [6.07, 6.45) is 0.985. The highest BCUT2D eigenvalue weighted by molar-refractivity contribution is 7.14. The molecule has 1 aliphatic rings. The lowest BCUT2D eigenvalue weighted by Gasteiger charge is -2.26. The van der Waals surface area contributed by atoms with Crippen LogP contribution in [0.25, 0.3) is 16.9 Å². The van der Waals surface area contributed by atoms with E-state index in [4.69, 9.17) is 37.7 Å². The topological polar surface area (TPSA) is 116 Å². The van der Waals surface area contributed by atoms with Crippen LogP contribution in [0, 0.1) is 0 Å². The average Bonchev–Trinajstić information content (AvgIpc) is 3.51. The van der Waals surface area contributed by atoms with Crippen molar-refractivity contribution in [3.8, 4) is 16.9 Å². The van der Waals surface area contributed by atoms with E-state index in [2.05, 4.69) is 10.1 Å². The molecule has 0 radical (unpaired) electrons. The fraction of sp³-hybridized carbons (Fsp3) is 0.269. The van der Waals surface area contributed by atoms with Crippen molar-refractivity contribution >= 4 is 40.3 Å². The summed E-state index contributed by atoms with van der Waals surface area (Å²) in [5, 5.41) is 4.98. The van der Waals surface area contributed by atoms with E-state index < -0.39 is 22.5 Å². The summed E-state index contributed by atoms with van der Waals surface area (Å²) in [4.78, 5) is 44.7. The van der Waals surface area contributed by atoms with E-state index in [1.165, 1.54) is 23.5 Å². The van der Waals surface area contributed by atoms with Crippen molar-refractivity contribution in [2.45, 2.75) is 32.0 Å². The van der Waals surface area contributed by atoms with Crippen molar-refractivity contribution in [3.05, 3.63) is 95.0 Å². The number of aromatic nitrogens is 4. The minimum absolute atomic E-state index is 0.260. The Morgan fingerprint density at radius 1 is 1.11 bits per heavy atom. The van der Waals surface area contributed by atoms with Gasteiger partial charge in [-0.25, -0.2) is 9.78 Å². The number of carbonyl (C=O) groups excluding carboxylic acids is 1. The SMILES string of the molecule is CC1(C(=O)c2sc(C(C)(C)c3c(Cl)cc(-n4ncc(=O)[nH]c4=O)cc3Cl)nc2-c2ccccc2)OCCO1. The highest BCUT2D eigenvalue weighted by atomic mass is 35.5.